The Labute approximate surface area is 713 Å². The molecule has 0 atom stereocenters. The van der Waals surface area contributed by atoms with Gasteiger partial charge in [0.05, 0.1) is 22.1 Å². The molecule has 0 spiro atoms. The number of aromatic nitrogens is 1. The second-order valence-corrected chi connectivity index (χ2v) is 33.3. The van der Waals surface area contributed by atoms with Crippen LogP contribution in [0.25, 0.3) is 160 Å². The number of hydrogen-bond acceptors (Lipinski definition) is 4. The summed E-state index contributed by atoms with van der Waals surface area (Å²) in [6.45, 7) is 4.72. The highest BCUT2D eigenvalue weighted by molar-refractivity contribution is 6.18. The van der Waals surface area contributed by atoms with Crippen LogP contribution in [0.4, 0.5) is 34.1 Å². The predicted octanol–water partition coefficient (Wildman–Crippen LogP) is 32.2. The van der Waals surface area contributed by atoms with Crippen LogP contribution >= 0.6 is 0 Å². The molecule has 0 aliphatic heterocycles. The zero-order chi connectivity index (χ0) is 81.4. The average molecular weight is 1570 g/mol. The van der Waals surface area contributed by atoms with Crippen molar-refractivity contribution in [3.63, 3.8) is 0 Å². The van der Waals surface area contributed by atoms with Crippen molar-refractivity contribution in [2.75, 3.05) is 9.80 Å². The summed E-state index contributed by atoms with van der Waals surface area (Å²) in [6, 6.07) is 163. The monoisotopic (exact) mass is 1570 g/mol. The minimum atomic E-state index is -0.727. The summed E-state index contributed by atoms with van der Waals surface area (Å²) in [4.78, 5) is 4.88. The highest BCUT2D eigenvalue weighted by Gasteiger charge is 2.48. The van der Waals surface area contributed by atoms with Gasteiger partial charge >= 0.3 is 0 Å². The fraction of sp³-hybridized carbons (Fsp3) is 0.0339. The number of hydrogen-bond donors (Lipinski definition) is 0. The molecule has 578 valence electrons. The van der Waals surface area contributed by atoms with Crippen LogP contribution in [0.3, 0.4) is 0 Å². The van der Waals surface area contributed by atoms with Gasteiger partial charge in [0.1, 0.15) is 22.3 Å². The summed E-state index contributed by atoms with van der Waals surface area (Å²) in [5.74, 6) is 0. The molecule has 2 aliphatic rings. The van der Waals surface area contributed by atoms with Crippen LogP contribution in [0.15, 0.2) is 452 Å². The van der Waals surface area contributed by atoms with E-state index in [1.165, 1.54) is 94.1 Å². The van der Waals surface area contributed by atoms with Crippen LogP contribution < -0.4 is 9.80 Å². The molecule has 5 nitrogen and oxygen atoms in total. The summed E-state index contributed by atoms with van der Waals surface area (Å²) in [5.41, 5.74) is 38.1. The largest absolute Gasteiger partial charge is 0.455 e. The standard InChI is InChI=1S/C118H79N3O2/c1-117(2)104-41-21-18-36-96(104)97-67-65-92(75-106(97)117)119(88-57-50-80(51-58-88)82-55-70-109-102(72-82)98-37-19-22-43-108(98)121(109)87-34-16-7-17-35-87)89-63-52-81(53-64-89)95-69-68-93(113-101-38-20-23-45-111(101)123-116(95)113)83-56-71-112-103(73-83)99-40-24-39-94(115(99)122-112)84-54-66-100-107(74-84)118(85-30-12-5-13-31-85,86-32-14-6-15-33-86)105-42-25-44-110(114(100)105)120(90-59-46-78(47-60-90)76-26-8-3-9-27-76)91-61-48-79(49-62-91)77-28-10-4-11-29-77/h3-75H,1-2H3. The lowest BCUT2D eigenvalue weighted by Crippen LogP contribution is -2.28. The van der Waals surface area contributed by atoms with Crippen LogP contribution in [0.5, 0.6) is 0 Å². The minimum absolute atomic E-state index is 0.190. The van der Waals surface area contributed by atoms with E-state index in [1.54, 1.807) is 0 Å². The SMILES string of the molecule is CC1(C)c2ccccc2-c2ccc(N(c3ccc(-c4ccc5c(c4)c4ccccc4n5-c4ccccc4)cc3)c3ccc(-c4ccc(-c5ccc6oc7c(-c8ccc9c(c8)C(c8ccccc8)(c8ccccc8)c8cccc(N(c%10ccc(-c%11ccccc%11)cc%10)c%10ccc(-c%11ccccc%11)cc%10)c8-9)cccc7c6c5)c5c4oc4ccccc45)cc3)cc21. The van der Waals surface area contributed by atoms with E-state index in [9.17, 15) is 0 Å². The van der Waals surface area contributed by atoms with Gasteiger partial charge in [-0.2, -0.15) is 0 Å². The second kappa shape index (κ2) is 28.5. The molecule has 0 N–H and O–H groups in total. The van der Waals surface area contributed by atoms with Crippen molar-refractivity contribution >= 4 is 99.8 Å². The molecule has 5 heteroatoms. The van der Waals surface area contributed by atoms with E-state index >= 15 is 0 Å². The zero-order valence-electron chi connectivity index (χ0n) is 67.8. The lowest BCUT2D eigenvalue weighted by molar-refractivity contribution is 0.660. The van der Waals surface area contributed by atoms with Gasteiger partial charge in [-0.15, -0.1) is 0 Å². The third-order valence-electron chi connectivity index (χ3n) is 26.3. The van der Waals surface area contributed by atoms with Crippen molar-refractivity contribution < 1.29 is 8.83 Å². The van der Waals surface area contributed by atoms with E-state index in [-0.39, 0.29) is 5.41 Å². The molecule has 0 fully saturated rings. The Morgan fingerprint density at radius 2 is 0.675 bits per heavy atom. The molecule has 0 unspecified atom stereocenters. The van der Waals surface area contributed by atoms with E-state index in [4.69, 9.17) is 8.83 Å². The Morgan fingerprint density at radius 1 is 0.236 bits per heavy atom. The first-order chi connectivity index (χ1) is 60.7. The molecule has 2 aliphatic carbocycles. The summed E-state index contributed by atoms with van der Waals surface area (Å²) in [7, 11) is 0. The van der Waals surface area contributed by atoms with Gasteiger partial charge in [-0.25, -0.2) is 0 Å². The van der Waals surface area contributed by atoms with Gasteiger partial charge in [0.25, 0.3) is 0 Å². The first-order valence-corrected chi connectivity index (χ1v) is 42.5. The predicted molar refractivity (Wildman–Crippen MR) is 512 cm³/mol. The smallest absolute Gasteiger partial charge is 0.143 e. The number of nitrogens with zero attached hydrogens (tertiary/aromatic N) is 3. The minimum Gasteiger partial charge on any atom is -0.455 e. The maximum atomic E-state index is 7.23. The third-order valence-corrected chi connectivity index (χ3v) is 26.3. The molecule has 123 heavy (non-hydrogen) atoms. The van der Waals surface area contributed by atoms with Crippen molar-refractivity contribution in [1.29, 1.82) is 0 Å². The van der Waals surface area contributed by atoms with Gasteiger partial charge in [-0.3, -0.25) is 0 Å². The molecule has 0 bridgehead atoms. The number of furan rings is 2. The van der Waals surface area contributed by atoms with E-state index in [2.05, 4.69) is 471 Å². The molecule has 3 aromatic heterocycles. The first-order valence-electron chi connectivity index (χ1n) is 42.5. The van der Waals surface area contributed by atoms with Crippen molar-refractivity contribution in [3.8, 4) is 94.7 Å². The van der Waals surface area contributed by atoms with Crippen molar-refractivity contribution in [3.05, 3.63) is 476 Å². The highest BCUT2D eigenvalue weighted by Crippen LogP contribution is 2.61. The van der Waals surface area contributed by atoms with Gasteiger partial charge < -0.3 is 23.2 Å². The Morgan fingerprint density at radius 3 is 1.36 bits per heavy atom. The Kier molecular flexibility index (Phi) is 16.5. The Balaban J connectivity index is 0.603. The van der Waals surface area contributed by atoms with E-state index < -0.39 is 5.41 Å². The molecule has 22 aromatic rings. The summed E-state index contributed by atoms with van der Waals surface area (Å²) in [5, 5.41) is 6.68. The maximum Gasteiger partial charge on any atom is 0.143 e. The van der Waals surface area contributed by atoms with Crippen molar-refractivity contribution in [2.24, 2.45) is 0 Å². The molecular formula is C118H79N3O2. The first kappa shape index (κ1) is 71.3. The van der Waals surface area contributed by atoms with E-state index in [0.717, 1.165) is 134 Å². The number of fused-ring (bicyclic) bond motifs is 15. The fourth-order valence-electron chi connectivity index (χ4n) is 20.5. The quantitative estimate of drug-likeness (QED) is 0.103. The lowest BCUT2D eigenvalue weighted by atomic mass is 9.67. The molecule has 24 rings (SSSR count). The average Bonchev–Trinajstić information content (AvgIpc) is 1.52. The van der Waals surface area contributed by atoms with Crippen molar-refractivity contribution in [2.45, 2.75) is 24.7 Å². The molecule has 0 saturated heterocycles. The molecule has 3 heterocycles. The third kappa shape index (κ3) is 11.4. The topological polar surface area (TPSA) is 37.7 Å². The van der Waals surface area contributed by atoms with Crippen molar-refractivity contribution in [1.82, 2.24) is 4.57 Å². The number of rotatable bonds is 15. The van der Waals surface area contributed by atoms with Crippen LogP contribution in [0.2, 0.25) is 0 Å². The van der Waals surface area contributed by atoms with Crippen LogP contribution in [-0.4, -0.2) is 4.57 Å². The number of para-hydroxylation sites is 4. The van der Waals surface area contributed by atoms with Gasteiger partial charge in [0.2, 0.25) is 0 Å². The lowest BCUT2D eigenvalue weighted by Gasteiger charge is -2.34. The molecule has 0 amide bonds. The van der Waals surface area contributed by atoms with Crippen LogP contribution in [0, 0.1) is 0 Å². The fourth-order valence-corrected chi connectivity index (χ4v) is 20.5. The number of benzene rings is 19. The summed E-state index contributed by atoms with van der Waals surface area (Å²) in [6.07, 6.45) is 0. The molecule has 0 radical (unpaired) electrons. The van der Waals surface area contributed by atoms with E-state index in [0.29, 0.717) is 0 Å². The van der Waals surface area contributed by atoms with Gasteiger partial charge in [-0.1, -0.05) is 329 Å². The van der Waals surface area contributed by atoms with E-state index in [1.807, 2.05) is 0 Å². The molecular weight excluding hydrogens is 1490 g/mol. The summed E-state index contributed by atoms with van der Waals surface area (Å²) >= 11 is 0. The number of anilines is 6. The van der Waals surface area contributed by atoms with Gasteiger partial charge in [-0.05, 0) is 233 Å². The summed E-state index contributed by atoms with van der Waals surface area (Å²) < 4.78 is 16.7. The highest BCUT2D eigenvalue weighted by atomic mass is 16.3. The van der Waals surface area contributed by atoms with Gasteiger partial charge in [0.15, 0.2) is 0 Å². The van der Waals surface area contributed by atoms with Crippen LogP contribution in [-0.2, 0) is 10.8 Å². The Bertz CT molecular complexity index is 7780. The van der Waals surface area contributed by atoms with Gasteiger partial charge in [0, 0.05) is 88.5 Å². The maximum absolute atomic E-state index is 7.23. The molecule has 19 aromatic carbocycles. The zero-order valence-corrected chi connectivity index (χ0v) is 67.8. The van der Waals surface area contributed by atoms with Crippen LogP contribution in [0.1, 0.15) is 47.2 Å². The molecule has 0 saturated carbocycles. The normalized spacial score (nSPS) is 12.9. The second-order valence-electron chi connectivity index (χ2n) is 33.3. The Hall–Kier alpha value is -15.8.